The molecule has 0 saturated heterocycles. The molecule has 1 aromatic heterocycles. The van der Waals surface area contributed by atoms with Gasteiger partial charge in [0.15, 0.2) is 11.5 Å². The number of pyridine rings is 1. The van der Waals surface area contributed by atoms with Crippen LogP contribution in [0.25, 0.3) is 10.9 Å². The van der Waals surface area contributed by atoms with Crippen molar-refractivity contribution in [2.75, 3.05) is 17.9 Å². The Morgan fingerprint density at radius 2 is 2.11 bits per heavy atom. The minimum atomic E-state index is -0.186. The molecule has 4 rings (SSSR count). The van der Waals surface area contributed by atoms with E-state index >= 15 is 0 Å². The van der Waals surface area contributed by atoms with Crippen LogP contribution in [-0.2, 0) is 4.79 Å². The van der Waals surface area contributed by atoms with Crippen molar-refractivity contribution in [1.82, 2.24) is 4.98 Å². The average Bonchev–Trinajstić information content (AvgIpc) is 3.14. The maximum Gasteiger partial charge on any atom is 0.234 e. The van der Waals surface area contributed by atoms with Crippen LogP contribution >= 0.6 is 11.8 Å². The van der Waals surface area contributed by atoms with E-state index in [4.69, 9.17) is 9.47 Å². The molecule has 2 aromatic carbocycles. The van der Waals surface area contributed by atoms with Crippen LogP contribution in [0, 0.1) is 18.3 Å². The minimum Gasteiger partial charge on any atom is -0.454 e. The van der Waals surface area contributed by atoms with Crippen LogP contribution in [0.5, 0.6) is 11.5 Å². The first kappa shape index (κ1) is 17.2. The van der Waals surface area contributed by atoms with Crippen molar-refractivity contribution in [2.45, 2.75) is 11.9 Å². The third kappa shape index (κ3) is 3.52. The van der Waals surface area contributed by atoms with Gasteiger partial charge in [-0.15, -0.1) is 0 Å². The number of amides is 1. The fourth-order valence-corrected chi connectivity index (χ4v) is 3.58. The van der Waals surface area contributed by atoms with E-state index in [9.17, 15) is 10.1 Å². The van der Waals surface area contributed by atoms with E-state index in [-0.39, 0.29) is 18.5 Å². The maximum absolute atomic E-state index is 12.3. The monoisotopic (exact) mass is 377 g/mol. The molecule has 2 heterocycles. The SMILES string of the molecule is Cc1cccc2cc(C#N)c(SCC(=O)Nc3ccc4c(c3)OCO4)nc12. The Kier molecular flexibility index (Phi) is 4.57. The standard InChI is InChI=1S/C20H15N3O3S/c1-12-3-2-4-13-7-14(9-21)20(23-19(12)13)27-10-18(24)22-15-5-6-16-17(8-15)26-11-25-16/h2-8H,10-11H2,1H3,(H,22,24). The highest BCUT2D eigenvalue weighted by molar-refractivity contribution is 8.00. The predicted octanol–water partition coefficient (Wildman–Crippen LogP) is 3.87. The van der Waals surface area contributed by atoms with E-state index in [0.717, 1.165) is 16.5 Å². The van der Waals surface area contributed by atoms with Crippen molar-refractivity contribution in [3.63, 3.8) is 0 Å². The van der Waals surface area contributed by atoms with Gasteiger partial charge in [-0.3, -0.25) is 4.79 Å². The number of nitrogens with zero attached hydrogens (tertiary/aromatic N) is 2. The van der Waals surface area contributed by atoms with Gasteiger partial charge in [0.05, 0.1) is 16.8 Å². The van der Waals surface area contributed by atoms with Crippen LogP contribution in [0.3, 0.4) is 0 Å². The Balaban J connectivity index is 1.48. The van der Waals surface area contributed by atoms with Gasteiger partial charge >= 0.3 is 0 Å². The summed E-state index contributed by atoms with van der Waals surface area (Å²) in [7, 11) is 0. The zero-order valence-corrected chi connectivity index (χ0v) is 15.3. The molecule has 1 aliphatic rings. The van der Waals surface area contributed by atoms with Gasteiger partial charge in [-0.25, -0.2) is 4.98 Å². The molecule has 3 aromatic rings. The van der Waals surface area contributed by atoms with Crippen molar-refractivity contribution < 1.29 is 14.3 Å². The lowest BCUT2D eigenvalue weighted by molar-refractivity contribution is -0.113. The second-order valence-electron chi connectivity index (χ2n) is 6.00. The number of nitrogens with one attached hydrogen (secondary N) is 1. The van der Waals surface area contributed by atoms with E-state index in [0.29, 0.717) is 27.8 Å². The van der Waals surface area contributed by atoms with E-state index in [1.54, 1.807) is 18.2 Å². The number of rotatable bonds is 4. The van der Waals surface area contributed by atoms with E-state index in [1.807, 2.05) is 31.2 Å². The van der Waals surface area contributed by atoms with Gasteiger partial charge in [-0.05, 0) is 30.7 Å². The Hall–Kier alpha value is -3.24. The number of aromatic nitrogens is 1. The molecule has 27 heavy (non-hydrogen) atoms. The topological polar surface area (TPSA) is 84.2 Å². The molecule has 1 N–H and O–H groups in total. The Labute approximate surface area is 160 Å². The molecule has 134 valence electrons. The van der Waals surface area contributed by atoms with Gasteiger partial charge in [0.2, 0.25) is 12.7 Å². The molecular formula is C20H15N3O3S. The summed E-state index contributed by atoms with van der Waals surface area (Å²) in [5.41, 5.74) is 2.97. The van der Waals surface area contributed by atoms with Gasteiger partial charge in [0.1, 0.15) is 11.1 Å². The lowest BCUT2D eigenvalue weighted by Gasteiger charge is -2.08. The normalized spacial score (nSPS) is 12.0. The quantitative estimate of drug-likeness (QED) is 0.695. The summed E-state index contributed by atoms with van der Waals surface area (Å²) in [6.45, 7) is 2.16. The lowest BCUT2D eigenvalue weighted by Crippen LogP contribution is -2.14. The summed E-state index contributed by atoms with van der Waals surface area (Å²) in [6, 6.07) is 15.1. The van der Waals surface area contributed by atoms with Crippen LogP contribution < -0.4 is 14.8 Å². The van der Waals surface area contributed by atoms with Crippen LogP contribution in [-0.4, -0.2) is 23.4 Å². The molecule has 0 radical (unpaired) electrons. The summed E-state index contributed by atoms with van der Waals surface area (Å²) in [5.74, 6) is 1.23. The Bertz CT molecular complexity index is 1090. The first-order valence-electron chi connectivity index (χ1n) is 8.27. The molecule has 6 nitrogen and oxygen atoms in total. The number of carbonyl (C=O) groups is 1. The minimum absolute atomic E-state index is 0.146. The summed E-state index contributed by atoms with van der Waals surface area (Å²) in [5, 5.41) is 13.7. The van der Waals surface area contributed by atoms with Gasteiger partial charge < -0.3 is 14.8 Å². The maximum atomic E-state index is 12.3. The van der Waals surface area contributed by atoms with Gasteiger partial charge in [-0.1, -0.05) is 30.0 Å². The van der Waals surface area contributed by atoms with Crippen LogP contribution in [0.15, 0.2) is 47.5 Å². The van der Waals surface area contributed by atoms with Gasteiger partial charge in [0.25, 0.3) is 0 Å². The van der Waals surface area contributed by atoms with E-state index in [2.05, 4.69) is 16.4 Å². The second-order valence-corrected chi connectivity index (χ2v) is 6.97. The molecule has 1 aliphatic heterocycles. The predicted molar refractivity (Wildman–Crippen MR) is 103 cm³/mol. The molecule has 1 amide bonds. The first-order valence-corrected chi connectivity index (χ1v) is 9.25. The fraction of sp³-hybridized carbons (Fsp3) is 0.150. The zero-order chi connectivity index (χ0) is 18.8. The number of anilines is 1. The second kappa shape index (κ2) is 7.17. The number of thioether (sulfide) groups is 1. The summed E-state index contributed by atoms with van der Waals surface area (Å²) < 4.78 is 10.6. The fourth-order valence-electron chi connectivity index (χ4n) is 2.83. The number of hydrogen-bond donors (Lipinski definition) is 1. The molecular weight excluding hydrogens is 362 g/mol. The number of nitriles is 1. The molecule has 0 aliphatic carbocycles. The highest BCUT2D eigenvalue weighted by atomic mass is 32.2. The molecule has 0 atom stereocenters. The van der Waals surface area contributed by atoms with Crippen molar-refractivity contribution >= 4 is 34.3 Å². The number of para-hydroxylation sites is 1. The Morgan fingerprint density at radius 1 is 1.26 bits per heavy atom. The smallest absolute Gasteiger partial charge is 0.234 e. The molecule has 0 fully saturated rings. The van der Waals surface area contributed by atoms with Crippen LogP contribution in [0.2, 0.25) is 0 Å². The number of benzene rings is 2. The third-order valence-corrected chi connectivity index (χ3v) is 5.12. The average molecular weight is 377 g/mol. The highest BCUT2D eigenvalue weighted by Gasteiger charge is 2.15. The number of fused-ring (bicyclic) bond motifs is 2. The van der Waals surface area contributed by atoms with Crippen molar-refractivity contribution in [2.24, 2.45) is 0 Å². The number of carbonyl (C=O) groups excluding carboxylic acids is 1. The van der Waals surface area contributed by atoms with Crippen molar-refractivity contribution in [3.8, 4) is 17.6 Å². The van der Waals surface area contributed by atoms with Crippen LogP contribution in [0.1, 0.15) is 11.1 Å². The Morgan fingerprint density at radius 3 is 2.96 bits per heavy atom. The molecule has 0 spiro atoms. The summed E-state index contributed by atoms with van der Waals surface area (Å²) in [6.07, 6.45) is 0. The number of aryl methyl sites for hydroxylation is 1. The molecule has 0 unspecified atom stereocenters. The van der Waals surface area contributed by atoms with Crippen LogP contribution in [0.4, 0.5) is 5.69 Å². The first-order chi connectivity index (χ1) is 13.1. The van der Waals surface area contributed by atoms with Crippen molar-refractivity contribution in [1.29, 1.82) is 5.26 Å². The van der Waals surface area contributed by atoms with E-state index in [1.165, 1.54) is 11.8 Å². The lowest BCUT2D eigenvalue weighted by atomic mass is 10.1. The molecule has 0 saturated carbocycles. The molecule has 0 bridgehead atoms. The van der Waals surface area contributed by atoms with E-state index < -0.39 is 0 Å². The summed E-state index contributed by atoms with van der Waals surface area (Å²) in [4.78, 5) is 16.9. The molecule has 7 heteroatoms. The highest BCUT2D eigenvalue weighted by Crippen LogP contribution is 2.34. The number of ether oxygens (including phenoxy) is 2. The zero-order valence-electron chi connectivity index (χ0n) is 14.5. The van der Waals surface area contributed by atoms with Gasteiger partial charge in [-0.2, -0.15) is 5.26 Å². The summed E-state index contributed by atoms with van der Waals surface area (Å²) >= 11 is 1.25. The van der Waals surface area contributed by atoms with Gasteiger partial charge in [0, 0.05) is 17.1 Å². The largest absolute Gasteiger partial charge is 0.454 e. The number of hydrogen-bond acceptors (Lipinski definition) is 6. The third-order valence-electron chi connectivity index (χ3n) is 4.13. The van der Waals surface area contributed by atoms with Crippen molar-refractivity contribution in [3.05, 3.63) is 53.6 Å².